The maximum absolute atomic E-state index is 6.49. The molecule has 2 rings (SSSR count). The first-order chi connectivity index (χ1) is 9.62. The molecule has 0 saturated heterocycles. The van der Waals surface area contributed by atoms with Crippen molar-refractivity contribution in [2.45, 2.75) is 11.8 Å². The van der Waals surface area contributed by atoms with E-state index in [1.54, 1.807) is 14.2 Å². The van der Waals surface area contributed by atoms with E-state index in [2.05, 4.69) is 0 Å². The molecule has 2 nitrogen and oxygen atoms in total. The van der Waals surface area contributed by atoms with Crippen LogP contribution in [0.15, 0.2) is 42.5 Å². The summed E-state index contributed by atoms with van der Waals surface area (Å²) in [7, 11) is 3.25. The molecule has 0 amide bonds. The minimum absolute atomic E-state index is 0.153. The van der Waals surface area contributed by atoms with Crippen molar-refractivity contribution < 1.29 is 9.47 Å². The average molecular weight is 311 g/mol. The lowest BCUT2D eigenvalue weighted by atomic mass is 10.0. The van der Waals surface area contributed by atoms with E-state index in [0.717, 1.165) is 34.1 Å². The Morgan fingerprint density at radius 2 is 1.50 bits per heavy atom. The summed E-state index contributed by atoms with van der Waals surface area (Å²) in [5, 5.41) is 0.572. The summed E-state index contributed by atoms with van der Waals surface area (Å²) in [4.78, 5) is 0. The molecule has 0 N–H and O–H groups in total. The lowest BCUT2D eigenvalue weighted by Gasteiger charge is -2.13. The smallest absolute Gasteiger partial charge is 0.122 e. The fraction of sp³-hybridized carbons (Fsp3) is 0.250. The summed E-state index contributed by atoms with van der Waals surface area (Å²) < 4.78 is 10.5. The molecular formula is C16H16Cl2O2. The number of rotatable bonds is 5. The Labute approximate surface area is 129 Å². The molecule has 0 spiro atoms. The van der Waals surface area contributed by atoms with Crippen molar-refractivity contribution in [3.8, 4) is 11.5 Å². The van der Waals surface area contributed by atoms with Crippen LogP contribution in [0.1, 0.15) is 16.5 Å². The first-order valence-corrected chi connectivity index (χ1v) is 7.05. The third-order valence-corrected chi connectivity index (χ3v) is 3.72. The summed E-state index contributed by atoms with van der Waals surface area (Å²) in [6, 6.07) is 13.4. The molecule has 0 fully saturated rings. The number of hydrogen-bond acceptors (Lipinski definition) is 2. The van der Waals surface area contributed by atoms with Gasteiger partial charge in [0.05, 0.1) is 19.6 Å². The topological polar surface area (TPSA) is 18.5 Å². The Morgan fingerprint density at radius 3 is 2.00 bits per heavy atom. The first kappa shape index (κ1) is 15.0. The molecule has 4 heteroatoms. The third kappa shape index (κ3) is 3.81. The summed E-state index contributed by atoms with van der Waals surface area (Å²) in [6.45, 7) is 0. The fourth-order valence-electron chi connectivity index (χ4n) is 1.96. The number of alkyl halides is 1. The van der Waals surface area contributed by atoms with Crippen LogP contribution in [0.3, 0.4) is 0 Å². The second-order valence-corrected chi connectivity index (χ2v) is 5.41. The number of benzene rings is 2. The Kier molecular flexibility index (Phi) is 5.16. The number of halogens is 2. The van der Waals surface area contributed by atoms with Gasteiger partial charge in [-0.3, -0.25) is 0 Å². The average Bonchev–Trinajstić information content (AvgIpc) is 2.48. The highest BCUT2D eigenvalue weighted by molar-refractivity contribution is 6.30. The quantitative estimate of drug-likeness (QED) is 0.733. The zero-order valence-corrected chi connectivity index (χ0v) is 12.9. The van der Waals surface area contributed by atoms with Gasteiger partial charge in [0.25, 0.3) is 0 Å². The van der Waals surface area contributed by atoms with Gasteiger partial charge in [-0.1, -0.05) is 23.7 Å². The van der Waals surface area contributed by atoms with E-state index >= 15 is 0 Å². The van der Waals surface area contributed by atoms with Crippen LogP contribution >= 0.6 is 23.2 Å². The molecule has 0 radical (unpaired) electrons. The first-order valence-electron chi connectivity index (χ1n) is 6.24. The van der Waals surface area contributed by atoms with Crippen LogP contribution in [0, 0.1) is 0 Å². The van der Waals surface area contributed by atoms with Crippen molar-refractivity contribution in [2.24, 2.45) is 0 Å². The SMILES string of the molecule is COc1cc(OC)cc(C(Cl)Cc2ccc(Cl)cc2)c1. The maximum atomic E-state index is 6.49. The molecule has 106 valence electrons. The molecule has 20 heavy (non-hydrogen) atoms. The second kappa shape index (κ2) is 6.87. The van der Waals surface area contributed by atoms with Crippen LogP contribution in [0.25, 0.3) is 0 Å². The minimum atomic E-state index is -0.153. The molecule has 0 aliphatic heterocycles. The molecule has 0 aliphatic carbocycles. The van der Waals surface area contributed by atoms with Gasteiger partial charge in [-0.25, -0.2) is 0 Å². The van der Waals surface area contributed by atoms with Crippen LogP contribution in [-0.4, -0.2) is 14.2 Å². The van der Waals surface area contributed by atoms with Crippen LogP contribution < -0.4 is 9.47 Å². The highest BCUT2D eigenvalue weighted by atomic mass is 35.5. The predicted octanol–water partition coefficient (Wildman–Crippen LogP) is 4.88. The van der Waals surface area contributed by atoms with Gasteiger partial charge in [-0.15, -0.1) is 11.6 Å². The molecule has 0 bridgehead atoms. The summed E-state index contributed by atoms with van der Waals surface area (Å²) in [6.07, 6.45) is 0.717. The fourth-order valence-corrected chi connectivity index (χ4v) is 2.39. The Morgan fingerprint density at radius 1 is 0.950 bits per heavy atom. The predicted molar refractivity (Wildman–Crippen MR) is 83.3 cm³/mol. The van der Waals surface area contributed by atoms with Gasteiger partial charge in [-0.2, -0.15) is 0 Å². The highest BCUT2D eigenvalue weighted by Gasteiger charge is 2.12. The van der Waals surface area contributed by atoms with Crippen LogP contribution in [0.5, 0.6) is 11.5 Å². The van der Waals surface area contributed by atoms with Crippen molar-refractivity contribution in [1.29, 1.82) is 0 Å². The number of ether oxygens (including phenoxy) is 2. The molecule has 0 saturated carbocycles. The summed E-state index contributed by atoms with van der Waals surface area (Å²) in [5.74, 6) is 1.47. The normalized spacial score (nSPS) is 12.0. The van der Waals surface area contributed by atoms with Crippen molar-refractivity contribution in [1.82, 2.24) is 0 Å². The van der Waals surface area contributed by atoms with Crippen LogP contribution in [-0.2, 0) is 6.42 Å². The van der Waals surface area contributed by atoms with Gasteiger partial charge in [0, 0.05) is 11.1 Å². The lowest BCUT2D eigenvalue weighted by molar-refractivity contribution is 0.393. The molecule has 2 aromatic rings. The maximum Gasteiger partial charge on any atom is 0.122 e. The van der Waals surface area contributed by atoms with Gasteiger partial charge in [0.1, 0.15) is 11.5 Å². The molecule has 0 heterocycles. The van der Waals surface area contributed by atoms with E-state index in [4.69, 9.17) is 32.7 Å². The summed E-state index contributed by atoms with van der Waals surface area (Å²) >= 11 is 12.4. The highest BCUT2D eigenvalue weighted by Crippen LogP contribution is 2.32. The Balaban J connectivity index is 2.19. The minimum Gasteiger partial charge on any atom is -0.497 e. The van der Waals surface area contributed by atoms with Gasteiger partial charge in [0.2, 0.25) is 0 Å². The van der Waals surface area contributed by atoms with E-state index in [9.17, 15) is 0 Å². The zero-order chi connectivity index (χ0) is 14.5. The van der Waals surface area contributed by atoms with Crippen molar-refractivity contribution in [2.75, 3.05) is 14.2 Å². The monoisotopic (exact) mass is 310 g/mol. The number of methoxy groups -OCH3 is 2. The Hall–Kier alpha value is -1.38. The standard InChI is InChI=1S/C16H16Cl2O2/c1-19-14-8-12(9-15(10-14)20-2)16(18)7-11-3-5-13(17)6-4-11/h3-6,8-10,16H,7H2,1-2H3. The van der Waals surface area contributed by atoms with E-state index in [0.29, 0.717) is 0 Å². The summed E-state index contributed by atoms with van der Waals surface area (Å²) in [5.41, 5.74) is 2.11. The van der Waals surface area contributed by atoms with E-state index in [-0.39, 0.29) is 5.38 Å². The van der Waals surface area contributed by atoms with Gasteiger partial charge in [-0.05, 0) is 41.8 Å². The molecule has 0 aliphatic rings. The van der Waals surface area contributed by atoms with Crippen molar-refractivity contribution in [3.05, 3.63) is 58.6 Å². The molecule has 2 aromatic carbocycles. The number of hydrogen-bond donors (Lipinski definition) is 0. The molecule has 0 aromatic heterocycles. The van der Waals surface area contributed by atoms with Crippen LogP contribution in [0.2, 0.25) is 5.02 Å². The van der Waals surface area contributed by atoms with Gasteiger partial charge >= 0.3 is 0 Å². The zero-order valence-electron chi connectivity index (χ0n) is 11.4. The third-order valence-electron chi connectivity index (χ3n) is 3.06. The molecular weight excluding hydrogens is 295 g/mol. The van der Waals surface area contributed by atoms with E-state index in [1.807, 2.05) is 42.5 Å². The van der Waals surface area contributed by atoms with Crippen molar-refractivity contribution in [3.63, 3.8) is 0 Å². The van der Waals surface area contributed by atoms with Gasteiger partial charge in [0.15, 0.2) is 0 Å². The van der Waals surface area contributed by atoms with E-state index in [1.165, 1.54) is 0 Å². The van der Waals surface area contributed by atoms with Gasteiger partial charge < -0.3 is 9.47 Å². The van der Waals surface area contributed by atoms with Crippen molar-refractivity contribution >= 4 is 23.2 Å². The Bertz CT molecular complexity index is 545. The largest absolute Gasteiger partial charge is 0.497 e. The second-order valence-electron chi connectivity index (χ2n) is 4.44. The molecule has 1 unspecified atom stereocenters. The lowest BCUT2D eigenvalue weighted by Crippen LogP contribution is -1.98. The molecule has 1 atom stereocenters. The van der Waals surface area contributed by atoms with E-state index < -0.39 is 0 Å². The van der Waals surface area contributed by atoms with Crippen LogP contribution in [0.4, 0.5) is 0 Å².